The van der Waals surface area contributed by atoms with Gasteiger partial charge in [-0.25, -0.2) is 4.39 Å². The van der Waals surface area contributed by atoms with Crippen LogP contribution in [0.1, 0.15) is 31.2 Å². The molecule has 1 fully saturated rings. The van der Waals surface area contributed by atoms with Gasteiger partial charge in [-0.3, -0.25) is 4.79 Å². The van der Waals surface area contributed by atoms with Gasteiger partial charge in [0.25, 0.3) is 0 Å². The van der Waals surface area contributed by atoms with Crippen molar-refractivity contribution in [2.45, 2.75) is 32.1 Å². The number of rotatable bonds is 7. The van der Waals surface area contributed by atoms with E-state index in [2.05, 4.69) is 26.6 Å². The predicted octanol–water partition coefficient (Wildman–Crippen LogP) is 3.03. The Hall–Kier alpha value is -0.940. The zero-order valence-electron chi connectivity index (χ0n) is 12.1. The smallest absolute Gasteiger partial charge is 0.220 e. The van der Waals surface area contributed by atoms with Gasteiger partial charge in [0.1, 0.15) is 5.82 Å². The number of nitrogens with one attached hydrogen (secondary N) is 2. The number of benzene rings is 1. The van der Waals surface area contributed by atoms with Crippen LogP contribution in [0.5, 0.6) is 0 Å². The minimum Gasteiger partial charge on any atom is -0.356 e. The van der Waals surface area contributed by atoms with Gasteiger partial charge in [-0.2, -0.15) is 0 Å². The SMILES string of the molecule is O=C(CCC1CCNC1)NCCCc1ccc(Br)cc1F. The molecular formula is C16H22BrFN2O. The molecule has 0 aliphatic carbocycles. The van der Waals surface area contributed by atoms with Crippen LogP contribution >= 0.6 is 15.9 Å². The van der Waals surface area contributed by atoms with Gasteiger partial charge in [0.2, 0.25) is 5.91 Å². The van der Waals surface area contributed by atoms with Crippen LogP contribution in [0.15, 0.2) is 22.7 Å². The van der Waals surface area contributed by atoms with Crippen molar-refractivity contribution in [1.82, 2.24) is 10.6 Å². The molecule has 1 unspecified atom stereocenters. The molecule has 0 bridgehead atoms. The maximum atomic E-state index is 13.6. The molecule has 1 saturated heterocycles. The third-order valence-corrected chi connectivity index (χ3v) is 4.40. The fraction of sp³-hybridized carbons (Fsp3) is 0.562. The fourth-order valence-corrected chi connectivity index (χ4v) is 2.95. The van der Waals surface area contributed by atoms with E-state index in [0.717, 1.165) is 30.4 Å². The van der Waals surface area contributed by atoms with E-state index in [4.69, 9.17) is 0 Å². The number of hydrogen-bond donors (Lipinski definition) is 2. The molecule has 1 aromatic carbocycles. The Morgan fingerprint density at radius 1 is 1.48 bits per heavy atom. The van der Waals surface area contributed by atoms with Gasteiger partial charge < -0.3 is 10.6 Å². The van der Waals surface area contributed by atoms with Crippen LogP contribution in [0, 0.1) is 11.7 Å². The van der Waals surface area contributed by atoms with Crippen LogP contribution in [-0.2, 0) is 11.2 Å². The maximum Gasteiger partial charge on any atom is 0.220 e. The summed E-state index contributed by atoms with van der Waals surface area (Å²) in [7, 11) is 0. The lowest BCUT2D eigenvalue weighted by atomic mass is 10.0. The minimum atomic E-state index is -0.190. The summed E-state index contributed by atoms with van der Waals surface area (Å²) in [6.45, 7) is 2.72. The second kappa shape index (κ2) is 8.49. The molecule has 1 aliphatic rings. The predicted molar refractivity (Wildman–Crippen MR) is 85.6 cm³/mol. The third kappa shape index (κ3) is 5.75. The molecule has 0 aromatic heterocycles. The largest absolute Gasteiger partial charge is 0.356 e. The number of aryl methyl sites for hydroxylation is 1. The highest BCUT2D eigenvalue weighted by Gasteiger charge is 2.15. The second-order valence-corrected chi connectivity index (χ2v) is 6.50. The van der Waals surface area contributed by atoms with Crippen molar-refractivity contribution in [3.05, 3.63) is 34.1 Å². The first-order valence-corrected chi connectivity index (χ1v) is 8.36. The quantitative estimate of drug-likeness (QED) is 0.737. The van der Waals surface area contributed by atoms with E-state index in [1.807, 2.05) is 6.07 Å². The molecular weight excluding hydrogens is 335 g/mol. The molecule has 5 heteroatoms. The highest BCUT2D eigenvalue weighted by Crippen LogP contribution is 2.16. The van der Waals surface area contributed by atoms with Gasteiger partial charge in [0.05, 0.1) is 0 Å². The van der Waals surface area contributed by atoms with Crippen molar-refractivity contribution in [3.63, 3.8) is 0 Å². The van der Waals surface area contributed by atoms with E-state index in [1.54, 1.807) is 6.07 Å². The van der Waals surface area contributed by atoms with Crippen molar-refractivity contribution < 1.29 is 9.18 Å². The Bertz CT molecular complexity index is 475. The highest BCUT2D eigenvalue weighted by molar-refractivity contribution is 9.10. The van der Waals surface area contributed by atoms with E-state index in [0.29, 0.717) is 30.9 Å². The van der Waals surface area contributed by atoms with Crippen LogP contribution in [0.4, 0.5) is 4.39 Å². The van der Waals surface area contributed by atoms with E-state index in [-0.39, 0.29) is 11.7 Å². The Kier molecular flexibility index (Phi) is 6.64. The van der Waals surface area contributed by atoms with Crippen molar-refractivity contribution in [2.75, 3.05) is 19.6 Å². The first kappa shape index (κ1) is 16.4. The van der Waals surface area contributed by atoms with Gasteiger partial charge >= 0.3 is 0 Å². The monoisotopic (exact) mass is 356 g/mol. The number of carbonyl (C=O) groups is 1. The first-order chi connectivity index (χ1) is 10.1. The van der Waals surface area contributed by atoms with E-state index >= 15 is 0 Å². The van der Waals surface area contributed by atoms with Gasteiger partial charge in [0.15, 0.2) is 0 Å². The molecule has 116 valence electrons. The Morgan fingerprint density at radius 2 is 2.33 bits per heavy atom. The topological polar surface area (TPSA) is 41.1 Å². The van der Waals surface area contributed by atoms with Crippen molar-refractivity contribution in [3.8, 4) is 0 Å². The number of hydrogen-bond acceptors (Lipinski definition) is 2. The second-order valence-electron chi connectivity index (χ2n) is 5.59. The summed E-state index contributed by atoms with van der Waals surface area (Å²) in [5.74, 6) is 0.565. The lowest BCUT2D eigenvalue weighted by Crippen LogP contribution is -2.25. The maximum absolute atomic E-state index is 13.6. The number of amides is 1. The molecule has 1 aliphatic heterocycles. The zero-order valence-corrected chi connectivity index (χ0v) is 13.7. The summed E-state index contributed by atoms with van der Waals surface area (Å²) in [6, 6.07) is 5.10. The summed E-state index contributed by atoms with van der Waals surface area (Å²) in [6.07, 6.45) is 4.14. The van der Waals surface area contributed by atoms with Gasteiger partial charge in [-0.15, -0.1) is 0 Å². The molecule has 0 saturated carbocycles. The fourth-order valence-electron chi connectivity index (χ4n) is 2.62. The van der Waals surface area contributed by atoms with Gasteiger partial charge in [-0.05, 0) is 62.4 Å². The Morgan fingerprint density at radius 3 is 3.05 bits per heavy atom. The Labute approximate surface area is 133 Å². The van der Waals surface area contributed by atoms with Gasteiger partial charge in [-0.1, -0.05) is 22.0 Å². The average Bonchev–Trinajstić information content (AvgIpc) is 2.96. The molecule has 3 nitrogen and oxygen atoms in total. The summed E-state index contributed by atoms with van der Waals surface area (Å²) in [5.41, 5.74) is 0.699. The molecule has 1 atom stereocenters. The molecule has 1 heterocycles. The van der Waals surface area contributed by atoms with Gasteiger partial charge in [0, 0.05) is 17.4 Å². The van der Waals surface area contributed by atoms with Crippen molar-refractivity contribution >= 4 is 21.8 Å². The lowest BCUT2D eigenvalue weighted by molar-refractivity contribution is -0.121. The van der Waals surface area contributed by atoms with E-state index in [9.17, 15) is 9.18 Å². The summed E-state index contributed by atoms with van der Waals surface area (Å²) in [5, 5.41) is 6.22. The lowest BCUT2D eigenvalue weighted by Gasteiger charge is -2.09. The first-order valence-electron chi connectivity index (χ1n) is 7.56. The molecule has 1 amide bonds. The molecule has 1 aromatic rings. The van der Waals surface area contributed by atoms with E-state index < -0.39 is 0 Å². The molecule has 0 spiro atoms. The summed E-state index contributed by atoms with van der Waals surface area (Å²) in [4.78, 5) is 11.7. The molecule has 21 heavy (non-hydrogen) atoms. The van der Waals surface area contributed by atoms with Crippen LogP contribution in [-0.4, -0.2) is 25.5 Å². The van der Waals surface area contributed by atoms with Crippen LogP contribution in [0.3, 0.4) is 0 Å². The molecule has 2 rings (SSSR count). The molecule has 2 N–H and O–H groups in total. The minimum absolute atomic E-state index is 0.109. The summed E-state index contributed by atoms with van der Waals surface area (Å²) >= 11 is 3.24. The number of carbonyl (C=O) groups excluding carboxylic acids is 1. The zero-order chi connectivity index (χ0) is 15.1. The number of halogens is 2. The van der Waals surface area contributed by atoms with Crippen LogP contribution < -0.4 is 10.6 Å². The third-order valence-electron chi connectivity index (χ3n) is 3.90. The van der Waals surface area contributed by atoms with Crippen molar-refractivity contribution in [1.29, 1.82) is 0 Å². The molecule has 0 radical (unpaired) electrons. The van der Waals surface area contributed by atoms with E-state index in [1.165, 1.54) is 12.5 Å². The standard InChI is InChI=1S/C16H22BrFN2O/c17-14-5-4-13(15(18)10-14)2-1-8-20-16(21)6-3-12-7-9-19-11-12/h4-5,10,12,19H,1-3,6-9,11H2,(H,20,21). The average molecular weight is 357 g/mol. The normalized spacial score (nSPS) is 17.9. The summed E-state index contributed by atoms with van der Waals surface area (Å²) < 4.78 is 14.4. The van der Waals surface area contributed by atoms with Crippen molar-refractivity contribution in [2.24, 2.45) is 5.92 Å². The highest BCUT2D eigenvalue weighted by atomic mass is 79.9. The van der Waals surface area contributed by atoms with Crippen LogP contribution in [0.25, 0.3) is 0 Å². The van der Waals surface area contributed by atoms with Crippen LogP contribution in [0.2, 0.25) is 0 Å². The Balaban J connectivity index is 1.59.